The van der Waals surface area contributed by atoms with Crippen LogP contribution < -0.4 is 0 Å². The molecule has 24 heavy (non-hydrogen) atoms. The minimum Gasteiger partial charge on any atom is -0.466 e. The fraction of sp³-hybridized carbons (Fsp3) is 0.455. The van der Waals surface area contributed by atoms with Gasteiger partial charge < -0.3 is 9.52 Å². The molecular formula is C22H30O2. The first kappa shape index (κ1) is 18.5. The highest BCUT2D eigenvalue weighted by molar-refractivity contribution is 5.30. The van der Waals surface area contributed by atoms with Crippen molar-refractivity contribution in [3.8, 4) is 0 Å². The van der Waals surface area contributed by atoms with Gasteiger partial charge in [0.25, 0.3) is 0 Å². The molecule has 2 heteroatoms. The third-order valence-electron chi connectivity index (χ3n) is 4.65. The van der Waals surface area contributed by atoms with E-state index in [1.165, 1.54) is 25.7 Å². The van der Waals surface area contributed by atoms with E-state index in [0.29, 0.717) is 5.76 Å². The minimum atomic E-state index is -1.11. The second-order valence-corrected chi connectivity index (χ2v) is 6.43. The van der Waals surface area contributed by atoms with Crippen LogP contribution in [0.15, 0.2) is 65.3 Å². The smallest absolute Gasteiger partial charge is 0.147 e. The fourth-order valence-electron chi connectivity index (χ4n) is 3.31. The Morgan fingerprint density at radius 2 is 1.83 bits per heavy atom. The molecule has 1 aromatic heterocycles. The lowest BCUT2D eigenvalue weighted by Crippen LogP contribution is -2.31. The number of hydrogen-bond donors (Lipinski definition) is 1. The molecule has 0 aliphatic rings. The quantitative estimate of drug-likeness (QED) is 0.417. The molecule has 1 heterocycles. The molecule has 0 spiro atoms. The lowest BCUT2D eigenvalue weighted by atomic mass is 9.78. The van der Waals surface area contributed by atoms with E-state index in [9.17, 15) is 5.11 Å². The van der Waals surface area contributed by atoms with Crippen LogP contribution >= 0.6 is 0 Å². The Morgan fingerprint density at radius 1 is 1.04 bits per heavy atom. The monoisotopic (exact) mass is 326 g/mol. The van der Waals surface area contributed by atoms with Gasteiger partial charge in [0, 0.05) is 5.92 Å². The van der Waals surface area contributed by atoms with E-state index in [1.807, 2.05) is 36.4 Å². The van der Waals surface area contributed by atoms with Gasteiger partial charge in [-0.1, -0.05) is 69.5 Å². The SMILES string of the molecule is CCCCCC/C=C\C(O)(c1ccco1)C(CC)c1ccccc1. The summed E-state index contributed by atoms with van der Waals surface area (Å²) in [4.78, 5) is 0. The lowest BCUT2D eigenvalue weighted by molar-refractivity contribution is 0.0335. The summed E-state index contributed by atoms with van der Waals surface area (Å²) in [7, 11) is 0. The summed E-state index contributed by atoms with van der Waals surface area (Å²) in [5.74, 6) is 0.583. The van der Waals surface area contributed by atoms with Gasteiger partial charge in [-0.25, -0.2) is 0 Å². The zero-order valence-corrected chi connectivity index (χ0v) is 14.9. The van der Waals surface area contributed by atoms with Gasteiger partial charge in [0.2, 0.25) is 0 Å². The zero-order chi connectivity index (χ0) is 17.3. The Bertz CT molecular complexity index is 586. The van der Waals surface area contributed by atoms with Crippen LogP contribution in [0.2, 0.25) is 0 Å². The van der Waals surface area contributed by atoms with Crippen LogP contribution in [-0.4, -0.2) is 5.11 Å². The molecule has 1 N–H and O–H groups in total. The zero-order valence-electron chi connectivity index (χ0n) is 14.9. The molecule has 2 atom stereocenters. The first-order chi connectivity index (χ1) is 11.7. The summed E-state index contributed by atoms with van der Waals surface area (Å²) in [6.45, 7) is 4.33. The van der Waals surface area contributed by atoms with Gasteiger partial charge >= 0.3 is 0 Å². The molecule has 0 amide bonds. The molecule has 2 rings (SSSR count). The molecule has 0 saturated heterocycles. The third kappa shape index (κ3) is 4.61. The molecular weight excluding hydrogens is 296 g/mol. The second-order valence-electron chi connectivity index (χ2n) is 6.43. The first-order valence-corrected chi connectivity index (χ1v) is 9.21. The van der Waals surface area contributed by atoms with E-state index in [4.69, 9.17) is 4.42 Å². The molecule has 0 fully saturated rings. The normalized spacial score (nSPS) is 15.5. The van der Waals surface area contributed by atoms with Gasteiger partial charge in [-0.05, 0) is 43.0 Å². The summed E-state index contributed by atoms with van der Waals surface area (Å²) < 4.78 is 5.60. The average Bonchev–Trinajstić information content (AvgIpc) is 3.15. The van der Waals surface area contributed by atoms with Crippen molar-refractivity contribution >= 4 is 0 Å². The molecule has 2 nitrogen and oxygen atoms in total. The maximum Gasteiger partial charge on any atom is 0.147 e. The van der Waals surface area contributed by atoms with Crippen molar-refractivity contribution in [3.05, 3.63) is 72.2 Å². The summed E-state index contributed by atoms with van der Waals surface area (Å²) in [6.07, 6.45) is 12.5. The molecule has 130 valence electrons. The number of aliphatic hydroxyl groups is 1. The van der Waals surface area contributed by atoms with Crippen LogP contribution in [-0.2, 0) is 5.60 Å². The number of unbranched alkanes of at least 4 members (excludes halogenated alkanes) is 4. The molecule has 0 radical (unpaired) electrons. The number of rotatable bonds is 10. The van der Waals surface area contributed by atoms with Gasteiger partial charge in [-0.15, -0.1) is 0 Å². The van der Waals surface area contributed by atoms with Crippen molar-refractivity contribution in [2.45, 2.75) is 63.9 Å². The van der Waals surface area contributed by atoms with Crippen LogP contribution in [0.4, 0.5) is 0 Å². The Kier molecular flexibility index (Phi) is 7.33. The summed E-state index contributed by atoms with van der Waals surface area (Å²) in [6, 6.07) is 13.9. The standard InChI is InChI=1S/C22H30O2/c1-3-5-6-7-8-12-17-22(23,21-16-13-18-24-21)20(4-2)19-14-10-9-11-15-19/h9-18,20,23H,3-8H2,1-2H3/b17-12-. The molecule has 1 aromatic carbocycles. The second kappa shape index (κ2) is 9.48. The van der Waals surface area contributed by atoms with Gasteiger partial charge in [0.1, 0.15) is 11.4 Å². The average molecular weight is 326 g/mol. The molecule has 0 saturated carbocycles. The number of allylic oxidation sites excluding steroid dienone is 1. The highest BCUT2D eigenvalue weighted by atomic mass is 16.4. The molecule has 2 unspecified atom stereocenters. The van der Waals surface area contributed by atoms with E-state index in [2.05, 4.69) is 32.1 Å². The van der Waals surface area contributed by atoms with E-state index < -0.39 is 5.60 Å². The van der Waals surface area contributed by atoms with Gasteiger partial charge in [0.05, 0.1) is 6.26 Å². The van der Waals surface area contributed by atoms with E-state index in [1.54, 1.807) is 6.26 Å². The third-order valence-corrected chi connectivity index (χ3v) is 4.65. The van der Waals surface area contributed by atoms with Crippen LogP contribution in [0.1, 0.15) is 69.6 Å². The highest BCUT2D eigenvalue weighted by Crippen LogP contribution is 2.40. The Morgan fingerprint density at radius 3 is 2.46 bits per heavy atom. The van der Waals surface area contributed by atoms with Crippen LogP contribution in [0.25, 0.3) is 0 Å². The van der Waals surface area contributed by atoms with E-state index in [0.717, 1.165) is 18.4 Å². The van der Waals surface area contributed by atoms with Crippen molar-refractivity contribution in [1.82, 2.24) is 0 Å². The topological polar surface area (TPSA) is 33.4 Å². The van der Waals surface area contributed by atoms with Crippen molar-refractivity contribution < 1.29 is 9.52 Å². The minimum absolute atomic E-state index is 0.0308. The van der Waals surface area contributed by atoms with Crippen molar-refractivity contribution in [3.63, 3.8) is 0 Å². The summed E-state index contributed by atoms with van der Waals surface area (Å²) >= 11 is 0. The van der Waals surface area contributed by atoms with Crippen LogP contribution in [0.3, 0.4) is 0 Å². The predicted molar refractivity (Wildman–Crippen MR) is 100.0 cm³/mol. The molecule has 0 bridgehead atoms. The number of hydrogen-bond acceptors (Lipinski definition) is 2. The summed E-state index contributed by atoms with van der Waals surface area (Å²) in [5.41, 5.74) is 0.0270. The van der Waals surface area contributed by atoms with Gasteiger partial charge in [-0.3, -0.25) is 0 Å². The molecule has 0 aliphatic carbocycles. The summed E-state index contributed by atoms with van der Waals surface area (Å²) in [5, 5.41) is 11.5. The first-order valence-electron chi connectivity index (χ1n) is 9.21. The predicted octanol–water partition coefficient (Wildman–Crippen LogP) is 6.19. The maximum absolute atomic E-state index is 11.5. The molecule has 2 aromatic rings. The molecule has 0 aliphatic heterocycles. The van der Waals surface area contributed by atoms with E-state index in [-0.39, 0.29) is 5.92 Å². The van der Waals surface area contributed by atoms with Crippen molar-refractivity contribution in [2.75, 3.05) is 0 Å². The van der Waals surface area contributed by atoms with Crippen molar-refractivity contribution in [1.29, 1.82) is 0 Å². The number of furan rings is 1. The largest absolute Gasteiger partial charge is 0.466 e. The van der Waals surface area contributed by atoms with E-state index >= 15 is 0 Å². The lowest BCUT2D eigenvalue weighted by Gasteiger charge is -2.32. The van der Waals surface area contributed by atoms with Crippen LogP contribution in [0, 0.1) is 0 Å². The van der Waals surface area contributed by atoms with Crippen LogP contribution in [0.5, 0.6) is 0 Å². The Hall–Kier alpha value is -1.80. The Balaban J connectivity index is 2.22. The maximum atomic E-state index is 11.5. The highest BCUT2D eigenvalue weighted by Gasteiger charge is 2.38. The number of benzene rings is 1. The van der Waals surface area contributed by atoms with Gasteiger partial charge in [-0.2, -0.15) is 0 Å². The fourth-order valence-corrected chi connectivity index (χ4v) is 3.31. The van der Waals surface area contributed by atoms with Gasteiger partial charge in [0.15, 0.2) is 0 Å². The van der Waals surface area contributed by atoms with Crippen molar-refractivity contribution in [2.24, 2.45) is 0 Å². The Labute approximate surface area is 146 Å².